The number of aromatic nitrogens is 2. The number of fused-ring (bicyclic) bond motifs is 2. The van der Waals surface area contributed by atoms with Crippen LogP contribution in [-0.2, 0) is 0 Å². The molecule has 2 N–H and O–H groups in total. The normalized spacial score (nSPS) is 11.7. The molecule has 0 saturated carbocycles. The number of imidazole rings is 1. The van der Waals surface area contributed by atoms with Crippen molar-refractivity contribution in [3.8, 4) is 0 Å². The quantitative estimate of drug-likeness (QED) is 0.320. The molecule has 5 aromatic rings. The second-order valence-corrected chi connectivity index (χ2v) is 8.11. The molecule has 1 aromatic heterocycles. The maximum Gasteiger partial charge on any atom is 0.255 e. The topological polar surface area (TPSA) is 57.8 Å². The zero-order valence-electron chi connectivity index (χ0n) is 16.5. The van der Waals surface area contributed by atoms with Gasteiger partial charge in [-0.15, -0.1) is 0 Å². The summed E-state index contributed by atoms with van der Waals surface area (Å²) in [6, 6.07) is 29.4. The van der Waals surface area contributed by atoms with Gasteiger partial charge in [0.15, 0.2) is 5.82 Å². The second kappa shape index (κ2) is 8.20. The van der Waals surface area contributed by atoms with Crippen LogP contribution in [0, 0.1) is 0 Å². The monoisotopic (exact) mass is 467 g/mol. The summed E-state index contributed by atoms with van der Waals surface area (Å²) in [5.74, 6) is 0.408. The molecule has 5 heteroatoms. The molecule has 0 saturated heterocycles. The number of nitrogens with zero attached hydrogens (tertiary/aromatic N) is 1. The Labute approximate surface area is 187 Å². The largest absolute Gasteiger partial charge is 0.337 e. The lowest BCUT2D eigenvalue weighted by Gasteiger charge is -2.10. The molecule has 4 nitrogen and oxygen atoms in total. The molecule has 0 atom stereocenters. The van der Waals surface area contributed by atoms with E-state index in [2.05, 4.69) is 44.4 Å². The summed E-state index contributed by atoms with van der Waals surface area (Å²) in [6.45, 7) is 0. The Morgan fingerprint density at radius 2 is 1.68 bits per heavy atom. The van der Waals surface area contributed by atoms with Crippen LogP contribution in [-0.4, -0.2) is 15.9 Å². The number of carbonyl (C=O) groups is 1. The number of aromatic amines is 1. The van der Waals surface area contributed by atoms with Gasteiger partial charge in [-0.2, -0.15) is 0 Å². The fourth-order valence-electron chi connectivity index (χ4n) is 3.60. The number of nitrogens with one attached hydrogen (secondary N) is 2. The Morgan fingerprint density at radius 3 is 2.55 bits per heavy atom. The molecule has 0 fully saturated rings. The number of carbonyl (C=O) groups excluding carboxylic acids is 1. The van der Waals surface area contributed by atoms with Crippen molar-refractivity contribution in [2.24, 2.45) is 0 Å². The van der Waals surface area contributed by atoms with Crippen LogP contribution in [0.3, 0.4) is 0 Å². The number of amides is 1. The van der Waals surface area contributed by atoms with E-state index in [-0.39, 0.29) is 5.91 Å². The molecular formula is C26H18BrN3O. The minimum absolute atomic E-state index is 0.201. The highest BCUT2D eigenvalue weighted by Crippen LogP contribution is 2.24. The van der Waals surface area contributed by atoms with Crippen molar-refractivity contribution in [1.29, 1.82) is 0 Å². The smallest absolute Gasteiger partial charge is 0.255 e. The maximum absolute atomic E-state index is 13.0. The Bertz CT molecular complexity index is 1410. The van der Waals surface area contributed by atoms with E-state index in [4.69, 9.17) is 4.98 Å². The third-order valence-electron chi connectivity index (χ3n) is 5.10. The molecule has 1 heterocycles. The summed E-state index contributed by atoms with van der Waals surface area (Å²) < 4.78 is 0.850. The molecule has 0 unspecified atom stereocenters. The van der Waals surface area contributed by atoms with Crippen LogP contribution in [0.2, 0.25) is 0 Å². The third kappa shape index (κ3) is 4.00. The highest BCUT2D eigenvalue weighted by Gasteiger charge is 2.14. The number of hydrogen-bond acceptors (Lipinski definition) is 2. The number of H-pyrrole nitrogens is 1. The first-order valence-corrected chi connectivity index (χ1v) is 10.7. The van der Waals surface area contributed by atoms with E-state index in [0.29, 0.717) is 17.1 Å². The van der Waals surface area contributed by atoms with Crippen molar-refractivity contribution < 1.29 is 4.79 Å². The van der Waals surface area contributed by atoms with Gasteiger partial charge in [-0.1, -0.05) is 76.6 Å². The third-order valence-corrected chi connectivity index (χ3v) is 5.60. The van der Waals surface area contributed by atoms with Crippen molar-refractivity contribution in [3.63, 3.8) is 0 Å². The van der Waals surface area contributed by atoms with Crippen LogP contribution in [0.25, 0.3) is 33.6 Å². The Morgan fingerprint density at radius 1 is 0.903 bits per heavy atom. The summed E-state index contributed by atoms with van der Waals surface area (Å²) in [4.78, 5) is 21.1. The van der Waals surface area contributed by atoms with Gasteiger partial charge < -0.3 is 10.3 Å². The molecule has 0 aliphatic rings. The Balaban J connectivity index is 1.63. The van der Waals surface area contributed by atoms with Gasteiger partial charge in [0.05, 0.1) is 16.7 Å². The molecule has 150 valence electrons. The Kier molecular flexibility index (Phi) is 5.10. The van der Waals surface area contributed by atoms with Crippen molar-refractivity contribution in [2.45, 2.75) is 0 Å². The molecule has 0 bridgehead atoms. The predicted octanol–water partition coefficient (Wildman–Crippen LogP) is 6.41. The average Bonchev–Trinajstić information content (AvgIpc) is 3.23. The lowest BCUT2D eigenvalue weighted by atomic mass is 10.0. The van der Waals surface area contributed by atoms with Gasteiger partial charge in [0.1, 0.15) is 0 Å². The van der Waals surface area contributed by atoms with E-state index in [1.165, 1.54) is 0 Å². The fraction of sp³-hybridized carbons (Fsp3) is 0. The van der Waals surface area contributed by atoms with E-state index in [0.717, 1.165) is 31.8 Å². The molecule has 0 aliphatic carbocycles. The lowest BCUT2D eigenvalue weighted by molar-refractivity contribution is 0.0973. The van der Waals surface area contributed by atoms with Crippen molar-refractivity contribution in [3.05, 3.63) is 112 Å². The molecular weight excluding hydrogens is 450 g/mol. The van der Waals surface area contributed by atoms with E-state index >= 15 is 0 Å². The van der Waals surface area contributed by atoms with Crippen LogP contribution in [0.5, 0.6) is 0 Å². The van der Waals surface area contributed by atoms with Crippen LogP contribution in [0.1, 0.15) is 21.7 Å². The van der Waals surface area contributed by atoms with Crippen LogP contribution in [0.4, 0.5) is 0 Å². The molecule has 31 heavy (non-hydrogen) atoms. The van der Waals surface area contributed by atoms with Gasteiger partial charge in [-0.3, -0.25) is 4.79 Å². The second-order valence-electron chi connectivity index (χ2n) is 7.19. The summed E-state index contributed by atoms with van der Waals surface area (Å²) in [7, 11) is 0. The van der Waals surface area contributed by atoms with Crippen molar-refractivity contribution in [2.75, 3.05) is 0 Å². The molecule has 1 amide bonds. The zero-order valence-corrected chi connectivity index (χ0v) is 18.1. The highest BCUT2D eigenvalue weighted by atomic mass is 79.9. The first-order valence-electron chi connectivity index (χ1n) is 9.89. The zero-order chi connectivity index (χ0) is 21.2. The number of hydrogen-bond donors (Lipinski definition) is 2. The first kappa shape index (κ1) is 19.3. The summed E-state index contributed by atoms with van der Waals surface area (Å²) >= 11 is 3.43. The van der Waals surface area contributed by atoms with Gasteiger partial charge in [0, 0.05) is 10.0 Å². The number of rotatable bonds is 4. The van der Waals surface area contributed by atoms with Gasteiger partial charge in [-0.05, 0) is 52.7 Å². The summed E-state index contributed by atoms with van der Waals surface area (Å²) in [5.41, 5.74) is 3.94. The predicted molar refractivity (Wildman–Crippen MR) is 130 cm³/mol. The molecule has 4 aromatic carbocycles. The van der Waals surface area contributed by atoms with Crippen molar-refractivity contribution in [1.82, 2.24) is 15.3 Å². The summed E-state index contributed by atoms with van der Waals surface area (Å²) in [5, 5.41) is 5.30. The van der Waals surface area contributed by atoms with E-state index in [1.54, 1.807) is 12.1 Å². The van der Waals surface area contributed by atoms with Crippen molar-refractivity contribution >= 4 is 55.4 Å². The van der Waals surface area contributed by atoms with Crippen LogP contribution >= 0.6 is 15.9 Å². The lowest BCUT2D eigenvalue weighted by Crippen LogP contribution is -2.22. The standard InChI is InChI=1S/C26H18BrN3O/c27-20-11-6-10-19(15-20)26(31)30-24(25-28-22-13-3-4-14-23(22)29-25)16-18-9-5-8-17-7-1-2-12-21(17)18/h1-16H,(H,28,29)(H,30,31). The van der Waals surface area contributed by atoms with Crippen LogP contribution < -0.4 is 5.32 Å². The number of halogens is 1. The first-order chi connectivity index (χ1) is 15.2. The fourth-order valence-corrected chi connectivity index (χ4v) is 4.00. The van der Waals surface area contributed by atoms with Gasteiger partial charge in [0.25, 0.3) is 5.91 Å². The molecule has 0 spiro atoms. The van der Waals surface area contributed by atoms with Gasteiger partial charge >= 0.3 is 0 Å². The van der Waals surface area contributed by atoms with E-state index in [1.807, 2.05) is 66.7 Å². The Hall–Kier alpha value is -3.70. The van der Waals surface area contributed by atoms with E-state index < -0.39 is 0 Å². The minimum Gasteiger partial charge on any atom is -0.337 e. The molecule has 5 rings (SSSR count). The van der Waals surface area contributed by atoms with Crippen LogP contribution in [0.15, 0.2) is 95.5 Å². The summed E-state index contributed by atoms with van der Waals surface area (Å²) in [6.07, 6.45) is 1.97. The average molecular weight is 468 g/mol. The van der Waals surface area contributed by atoms with Gasteiger partial charge in [-0.25, -0.2) is 4.98 Å². The molecule has 0 aliphatic heterocycles. The number of para-hydroxylation sites is 2. The minimum atomic E-state index is -0.201. The van der Waals surface area contributed by atoms with E-state index in [9.17, 15) is 4.79 Å². The molecule has 0 radical (unpaired) electrons. The maximum atomic E-state index is 13.0. The SMILES string of the molecule is O=C(NC(=Cc1cccc2ccccc12)c1nc2ccccc2[nH]1)c1cccc(Br)c1. The number of benzene rings is 4. The van der Waals surface area contributed by atoms with Gasteiger partial charge in [0.2, 0.25) is 0 Å². The highest BCUT2D eigenvalue weighted by molar-refractivity contribution is 9.10.